The molecule has 0 unspecified atom stereocenters. The second-order valence-corrected chi connectivity index (χ2v) is 7.32. The lowest BCUT2D eigenvalue weighted by Gasteiger charge is -2.25. The van der Waals surface area contributed by atoms with Crippen LogP contribution < -0.4 is 5.32 Å². The summed E-state index contributed by atoms with van der Waals surface area (Å²) in [5.74, 6) is 0.512. The zero-order valence-electron chi connectivity index (χ0n) is 9.72. The Bertz CT molecular complexity index is 457. The van der Waals surface area contributed by atoms with Crippen molar-refractivity contribution in [2.75, 3.05) is 36.5 Å². The van der Waals surface area contributed by atoms with Crippen LogP contribution in [-0.4, -0.2) is 54.7 Å². The van der Waals surface area contributed by atoms with Gasteiger partial charge in [-0.05, 0) is 6.92 Å². The van der Waals surface area contributed by atoms with Crippen LogP contribution >= 0.6 is 11.3 Å². The molecule has 1 aliphatic heterocycles. The van der Waals surface area contributed by atoms with Gasteiger partial charge in [0.2, 0.25) is 5.13 Å². The van der Waals surface area contributed by atoms with Crippen LogP contribution in [-0.2, 0) is 16.4 Å². The van der Waals surface area contributed by atoms with Crippen LogP contribution in [0.4, 0.5) is 5.13 Å². The Hall–Kier alpha value is -0.730. The maximum Gasteiger partial charge on any atom is 0.205 e. The van der Waals surface area contributed by atoms with E-state index in [1.165, 1.54) is 11.3 Å². The van der Waals surface area contributed by atoms with E-state index in [4.69, 9.17) is 0 Å². The first kappa shape index (κ1) is 12.7. The van der Waals surface area contributed by atoms with Crippen molar-refractivity contribution in [1.29, 1.82) is 0 Å². The molecule has 0 radical (unpaired) electrons. The number of nitrogens with zero attached hydrogens (tertiary/aromatic N) is 3. The quantitative estimate of drug-likeness (QED) is 0.847. The molecule has 0 amide bonds. The van der Waals surface area contributed by atoms with Gasteiger partial charge in [-0.15, -0.1) is 10.2 Å². The molecule has 0 aromatic carbocycles. The Morgan fingerprint density at radius 3 is 2.71 bits per heavy atom. The zero-order chi connectivity index (χ0) is 12.3. The maximum absolute atomic E-state index is 11.3. The SMILES string of the molecule is CCNc1nnc(CN2CCS(=O)(=O)CC2)s1. The summed E-state index contributed by atoms with van der Waals surface area (Å²) in [6.07, 6.45) is 0. The van der Waals surface area contributed by atoms with Gasteiger partial charge in [-0.2, -0.15) is 0 Å². The summed E-state index contributed by atoms with van der Waals surface area (Å²) in [5, 5.41) is 13.0. The lowest BCUT2D eigenvalue weighted by atomic mass is 10.5. The molecule has 96 valence electrons. The van der Waals surface area contributed by atoms with Crippen molar-refractivity contribution < 1.29 is 8.42 Å². The first-order valence-corrected chi connectivity index (χ1v) is 8.22. The van der Waals surface area contributed by atoms with Crippen LogP contribution in [0.15, 0.2) is 0 Å². The third-order valence-electron chi connectivity index (χ3n) is 2.59. The van der Waals surface area contributed by atoms with Gasteiger partial charge < -0.3 is 5.32 Å². The lowest BCUT2D eigenvalue weighted by Crippen LogP contribution is -2.39. The first-order valence-electron chi connectivity index (χ1n) is 5.58. The second-order valence-electron chi connectivity index (χ2n) is 3.96. The molecule has 0 bridgehead atoms. The minimum Gasteiger partial charge on any atom is -0.360 e. The van der Waals surface area contributed by atoms with E-state index in [9.17, 15) is 8.42 Å². The van der Waals surface area contributed by atoms with Crippen molar-refractivity contribution in [3.8, 4) is 0 Å². The third-order valence-corrected chi connectivity index (χ3v) is 5.07. The average molecular weight is 276 g/mol. The van der Waals surface area contributed by atoms with Gasteiger partial charge in [-0.3, -0.25) is 4.90 Å². The molecule has 1 fully saturated rings. The number of hydrogen-bond donors (Lipinski definition) is 1. The van der Waals surface area contributed by atoms with Gasteiger partial charge >= 0.3 is 0 Å². The van der Waals surface area contributed by atoms with E-state index in [2.05, 4.69) is 20.4 Å². The first-order chi connectivity index (χ1) is 8.09. The molecule has 1 saturated heterocycles. The lowest BCUT2D eigenvalue weighted by molar-refractivity contribution is 0.286. The maximum atomic E-state index is 11.3. The molecule has 8 heteroatoms. The Labute approximate surface area is 105 Å². The van der Waals surface area contributed by atoms with E-state index in [-0.39, 0.29) is 11.5 Å². The number of nitrogens with one attached hydrogen (secondary N) is 1. The van der Waals surface area contributed by atoms with Gasteiger partial charge in [0, 0.05) is 19.6 Å². The van der Waals surface area contributed by atoms with Gasteiger partial charge in [0.15, 0.2) is 9.84 Å². The van der Waals surface area contributed by atoms with Crippen molar-refractivity contribution in [2.45, 2.75) is 13.5 Å². The number of aromatic nitrogens is 2. The van der Waals surface area contributed by atoms with E-state index < -0.39 is 9.84 Å². The van der Waals surface area contributed by atoms with Crippen molar-refractivity contribution in [2.24, 2.45) is 0 Å². The van der Waals surface area contributed by atoms with E-state index in [1.54, 1.807) is 0 Å². The molecule has 17 heavy (non-hydrogen) atoms. The molecule has 0 saturated carbocycles. The molecule has 0 spiro atoms. The number of sulfone groups is 1. The summed E-state index contributed by atoms with van der Waals surface area (Å²) >= 11 is 1.53. The predicted molar refractivity (Wildman–Crippen MR) is 68.0 cm³/mol. The predicted octanol–water partition coefficient (Wildman–Crippen LogP) is 0.200. The summed E-state index contributed by atoms with van der Waals surface area (Å²) in [7, 11) is -2.80. The van der Waals surface area contributed by atoms with Crippen LogP contribution in [0, 0.1) is 0 Å². The van der Waals surface area contributed by atoms with Gasteiger partial charge in [0.1, 0.15) is 5.01 Å². The van der Waals surface area contributed by atoms with Crippen molar-refractivity contribution >= 4 is 26.3 Å². The summed E-state index contributed by atoms with van der Waals surface area (Å²) in [5.41, 5.74) is 0. The van der Waals surface area contributed by atoms with Crippen LogP contribution in [0.1, 0.15) is 11.9 Å². The number of hydrogen-bond acceptors (Lipinski definition) is 7. The number of rotatable bonds is 4. The molecular formula is C9H16N4O2S2. The van der Waals surface area contributed by atoms with Crippen molar-refractivity contribution in [3.05, 3.63) is 5.01 Å². The van der Waals surface area contributed by atoms with E-state index in [0.717, 1.165) is 16.7 Å². The summed E-state index contributed by atoms with van der Waals surface area (Å²) in [4.78, 5) is 2.11. The molecule has 1 aliphatic rings. The third kappa shape index (κ3) is 3.62. The average Bonchev–Trinajstić information content (AvgIpc) is 2.70. The zero-order valence-corrected chi connectivity index (χ0v) is 11.4. The van der Waals surface area contributed by atoms with E-state index >= 15 is 0 Å². The van der Waals surface area contributed by atoms with Crippen molar-refractivity contribution in [3.63, 3.8) is 0 Å². The van der Waals surface area contributed by atoms with Crippen LogP contribution in [0.5, 0.6) is 0 Å². The van der Waals surface area contributed by atoms with Gasteiger partial charge in [0.05, 0.1) is 18.1 Å². The van der Waals surface area contributed by atoms with Crippen molar-refractivity contribution in [1.82, 2.24) is 15.1 Å². The highest BCUT2D eigenvalue weighted by atomic mass is 32.2. The highest BCUT2D eigenvalue weighted by Crippen LogP contribution is 2.17. The Morgan fingerprint density at radius 2 is 2.06 bits per heavy atom. The summed E-state index contributed by atoms with van der Waals surface area (Å²) < 4.78 is 22.6. The topological polar surface area (TPSA) is 75.2 Å². The summed E-state index contributed by atoms with van der Waals surface area (Å²) in [6.45, 7) is 4.72. The largest absolute Gasteiger partial charge is 0.360 e. The molecule has 0 atom stereocenters. The standard InChI is InChI=1S/C9H16N4O2S2/c1-2-10-9-12-11-8(16-9)7-13-3-5-17(14,15)6-4-13/h2-7H2,1H3,(H,10,12). The normalized spacial score (nSPS) is 20.3. The van der Waals surface area contributed by atoms with Crippen LogP contribution in [0.3, 0.4) is 0 Å². The molecule has 0 aliphatic carbocycles. The van der Waals surface area contributed by atoms with Crippen LogP contribution in [0.2, 0.25) is 0 Å². The minimum absolute atomic E-state index is 0.256. The minimum atomic E-state index is -2.80. The van der Waals surface area contributed by atoms with Crippen LogP contribution in [0.25, 0.3) is 0 Å². The second kappa shape index (κ2) is 5.28. The summed E-state index contributed by atoms with van der Waals surface area (Å²) in [6, 6.07) is 0. The molecule has 2 rings (SSSR count). The van der Waals surface area contributed by atoms with E-state index in [0.29, 0.717) is 19.6 Å². The fraction of sp³-hybridized carbons (Fsp3) is 0.778. The number of anilines is 1. The molecule has 2 heterocycles. The van der Waals surface area contributed by atoms with E-state index in [1.807, 2.05) is 6.92 Å². The fourth-order valence-corrected chi connectivity index (χ4v) is 3.77. The highest BCUT2D eigenvalue weighted by molar-refractivity contribution is 7.91. The smallest absolute Gasteiger partial charge is 0.205 e. The molecule has 6 nitrogen and oxygen atoms in total. The Morgan fingerprint density at radius 1 is 1.35 bits per heavy atom. The van der Waals surface area contributed by atoms with Gasteiger partial charge in [0.25, 0.3) is 0 Å². The fourth-order valence-electron chi connectivity index (χ4n) is 1.64. The van der Waals surface area contributed by atoms with Gasteiger partial charge in [-0.1, -0.05) is 11.3 Å². The Balaban J connectivity index is 1.88. The molecule has 1 aromatic rings. The molecule has 1 aromatic heterocycles. The molecular weight excluding hydrogens is 260 g/mol. The molecule has 1 N–H and O–H groups in total. The Kier molecular flexibility index (Phi) is 3.95. The highest BCUT2D eigenvalue weighted by Gasteiger charge is 2.22. The van der Waals surface area contributed by atoms with Gasteiger partial charge in [-0.25, -0.2) is 8.42 Å². The monoisotopic (exact) mass is 276 g/mol.